The van der Waals surface area contributed by atoms with Crippen molar-refractivity contribution in [2.75, 3.05) is 7.11 Å². The number of carbonyl (C=O) groups is 1. The number of hydrogen-bond donors (Lipinski definition) is 0. The molecule has 0 fully saturated rings. The summed E-state index contributed by atoms with van der Waals surface area (Å²) in [6.07, 6.45) is 0.296. The van der Waals surface area contributed by atoms with Crippen LogP contribution in [0.4, 0.5) is 5.69 Å². The van der Waals surface area contributed by atoms with Crippen LogP contribution >= 0.6 is 27.7 Å². The predicted molar refractivity (Wildman–Crippen MR) is 72.7 cm³/mol. The van der Waals surface area contributed by atoms with Crippen molar-refractivity contribution in [3.63, 3.8) is 0 Å². The molecule has 1 atom stereocenters. The number of esters is 1. The average Bonchev–Trinajstić information content (AvgIpc) is 2.31. The summed E-state index contributed by atoms with van der Waals surface area (Å²) in [5.41, 5.74) is 0.0341. The molecule has 0 aliphatic carbocycles. The van der Waals surface area contributed by atoms with Crippen LogP contribution < -0.4 is 0 Å². The van der Waals surface area contributed by atoms with Crippen LogP contribution in [-0.2, 0) is 9.53 Å². The zero-order valence-electron chi connectivity index (χ0n) is 9.88. The molecule has 1 rings (SSSR count). The Bertz CT molecular complexity index is 466. The van der Waals surface area contributed by atoms with E-state index in [1.807, 2.05) is 6.92 Å². The third-order valence-corrected chi connectivity index (χ3v) is 4.23. The molecule has 0 saturated carbocycles. The minimum Gasteiger partial charge on any atom is -0.469 e. The summed E-state index contributed by atoms with van der Waals surface area (Å²) in [6.45, 7) is 1.90. The molecule has 0 saturated heterocycles. The highest BCUT2D eigenvalue weighted by atomic mass is 79.9. The fourth-order valence-corrected chi connectivity index (χ4v) is 2.89. The summed E-state index contributed by atoms with van der Waals surface area (Å²) in [5, 5.41) is 10.6. The first-order chi connectivity index (χ1) is 8.43. The van der Waals surface area contributed by atoms with Crippen molar-refractivity contribution in [3.8, 4) is 0 Å². The van der Waals surface area contributed by atoms with Crippen LogP contribution in [0.25, 0.3) is 0 Å². The molecule has 0 bridgehead atoms. The van der Waals surface area contributed by atoms with Gasteiger partial charge in [0.25, 0.3) is 5.69 Å². The molecular formula is C11H12BrNO4S. The normalized spacial score (nSPS) is 11.9. The fraction of sp³-hybridized carbons (Fsp3) is 0.364. The minimum absolute atomic E-state index is 0.0341. The fourth-order valence-electron chi connectivity index (χ4n) is 1.28. The number of carbonyl (C=O) groups excluding carboxylic acids is 1. The molecule has 1 aromatic carbocycles. The summed E-state index contributed by atoms with van der Waals surface area (Å²) in [7, 11) is 1.35. The molecule has 18 heavy (non-hydrogen) atoms. The highest BCUT2D eigenvalue weighted by molar-refractivity contribution is 9.10. The van der Waals surface area contributed by atoms with Gasteiger partial charge in [-0.25, -0.2) is 0 Å². The lowest BCUT2D eigenvalue weighted by atomic mass is 10.3. The predicted octanol–water partition coefficient (Wildman–Crippen LogP) is 3.40. The molecule has 5 nitrogen and oxygen atoms in total. The first kappa shape index (κ1) is 15.0. The van der Waals surface area contributed by atoms with Crippen LogP contribution in [0.2, 0.25) is 0 Å². The van der Waals surface area contributed by atoms with Gasteiger partial charge in [-0.15, -0.1) is 11.8 Å². The van der Waals surface area contributed by atoms with Gasteiger partial charge in [-0.05, 0) is 22.0 Å². The van der Waals surface area contributed by atoms with Gasteiger partial charge in [-0.2, -0.15) is 0 Å². The lowest BCUT2D eigenvalue weighted by Crippen LogP contribution is -2.08. The third kappa shape index (κ3) is 4.30. The van der Waals surface area contributed by atoms with E-state index in [2.05, 4.69) is 20.7 Å². The van der Waals surface area contributed by atoms with E-state index in [0.29, 0.717) is 10.9 Å². The molecule has 0 spiro atoms. The molecule has 0 radical (unpaired) electrons. The number of nitro groups is 1. The molecular weight excluding hydrogens is 322 g/mol. The number of ether oxygens (including phenoxy) is 1. The zero-order chi connectivity index (χ0) is 13.7. The number of non-ortho nitro benzene ring substituents is 1. The number of thioether (sulfide) groups is 1. The molecule has 0 N–H and O–H groups in total. The maximum Gasteiger partial charge on any atom is 0.306 e. The topological polar surface area (TPSA) is 69.4 Å². The minimum atomic E-state index is -0.447. The van der Waals surface area contributed by atoms with Crippen molar-refractivity contribution in [2.45, 2.75) is 23.5 Å². The molecule has 1 aromatic rings. The second-order valence-electron chi connectivity index (χ2n) is 3.58. The van der Waals surface area contributed by atoms with Gasteiger partial charge in [0.15, 0.2) is 0 Å². The maximum absolute atomic E-state index is 11.1. The number of nitrogens with zero attached hydrogens (tertiary/aromatic N) is 1. The molecule has 0 aromatic heterocycles. The Morgan fingerprint density at radius 2 is 2.28 bits per heavy atom. The van der Waals surface area contributed by atoms with Crippen LogP contribution in [0.3, 0.4) is 0 Å². The van der Waals surface area contributed by atoms with Gasteiger partial charge in [0.1, 0.15) is 0 Å². The van der Waals surface area contributed by atoms with E-state index in [9.17, 15) is 14.9 Å². The SMILES string of the molecule is COC(=O)CC(C)Sc1ccc([N+](=O)[O-])cc1Br. The van der Waals surface area contributed by atoms with Crippen LogP contribution in [0.1, 0.15) is 13.3 Å². The maximum atomic E-state index is 11.1. The van der Waals surface area contributed by atoms with Crippen molar-refractivity contribution < 1.29 is 14.5 Å². The molecule has 0 amide bonds. The largest absolute Gasteiger partial charge is 0.469 e. The van der Waals surface area contributed by atoms with Gasteiger partial charge >= 0.3 is 5.97 Å². The molecule has 0 heterocycles. The second-order valence-corrected chi connectivity index (χ2v) is 5.92. The molecule has 7 heteroatoms. The second kappa shape index (κ2) is 6.75. The van der Waals surface area contributed by atoms with Gasteiger partial charge in [-0.3, -0.25) is 14.9 Å². The first-order valence-electron chi connectivity index (χ1n) is 5.11. The Morgan fingerprint density at radius 3 is 2.78 bits per heavy atom. The van der Waals surface area contributed by atoms with Gasteiger partial charge in [0.05, 0.1) is 18.5 Å². The van der Waals surface area contributed by atoms with E-state index in [4.69, 9.17) is 0 Å². The van der Waals surface area contributed by atoms with E-state index in [1.54, 1.807) is 6.07 Å². The standard InChI is InChI=1S/C11H12BrNO4S/c1-7(5-11(14)17-2)18-10-4-3-8(13(15)16)6-9(10)12/h3-4,6-7H,5H2,1-2H3. The number of nitro benzene ring substituents is 1. The van der Waals surface area contributed by atoms with Crippen molar-refractivity contribution in [2.24, 2.45) is 0 Å². The van der Waals surface area contributed by atoms with Crippen molar-refractivity contribution in [1.82, 2.24) is 0 Å². The number of halogens is 1. The van der Waals surface area contributed by atoms with Crippen molar-refractivity contribution in [3.05, 3.63) is 32.8 Å². The van der Waals surface area contributed by atoms with E-state index in [-0.39, 0.29) is 16.9 Å². The number of hydrogen-bond acceptors (Lipinski definition) is 5. The third-order valence-electron chi connectivity index (χ3n) is 2.14. The van der Waals surface area contributed by atoms with Crippen LogP contribution in [0.5, 0.6) is 0 Å². The van der Waals surface area contributed by atoms with E-state index >= 15 is 0 Å². The summed E-state index contributed by atoms with van der Waals surface area (Å²) in [6, 6.07) is 4.56. The molecule has 98 valence electrons. The smallest absolute Gasteiger partial charge is 0.306 e. The van der Waals surface area contributed by atoms with E-state index < -0.39 is 4.92 Å². The zero-order valence-corrected chi connectivity index (χ0v) is 12.3. The quantitative estimate of drug-likeness (QED) is 0.357. The van der Waals surface area contributed by atoms with Crippen LogP contribution in [-0.4, -0.2) is 23.3 Å². The van der Waals surface area contributed by atoms with Crippen molar-refractivity contribution >= 4 is 39.3 Å². The highest BCUT2D eigenvalue weighted by Crippen LogP contribution is 2.34. The molecule has 0 aliphatic rings. The number of benzene rings is 1. The van der Waals surface area contributed by atoms with Gasteiger partial charge in [0, 0.05) is 26.8 Å². The lowest BCUT2D eigenvalue weighted by molar-refractivity contribution is -0.385. The average molecular weight is 334 g/mol. The Morgan fingerprint density at radius 1 is 1.61 bits per heavy atom. The Kier molecular flexibility index (Phi) is 5.61. The number of rotatable bonds is 5. The summed E-state index contributed by atoms with van der Waals surface area (Å²) >= 11 is 4.75. The monoisotopic (exact) mass is 333 g/mol. The van der Waals surface area contributed by atoms with Gasteiger partial charge in [0.2, 0.25) is 0 Å². The molecule has 1 unspecified atom stereocenters. The summed E-state index contributed by atoms with van der Waals surface area (Å²) in [5.74, 6) is -0.270. The van der Waals surface area contributed by atoms with Crippen LogP contribution in [0.15, 0.2) is 27.6 Å². The van der Waals surface area contributed by atoms with Gasteiger partial charge < -0.3 is 4.74 Å². The highest BCUT2D eigenvalue weighted by Gasteiger charge is 2.14. The Labute approximate surface area is 117 Å². The molecule has 0 aliphatic heterocycles. The van der Waals surface area contributed by atoms with Crippen molar-refractivity contribution in [1.29, 1.82) is 0 Å². The Balaban J connectivity index is 2.73. The van der Waals surface area contributed by atoms with Gasteiger partial charge in [-0.1, -0.05) is 6.92 Å². The lowest BCUT2D eigenvalue weighted by Gasteiger charge is -2.10. The van der Waals surface area contributed by atoms with E-state index in [0.717, 1.165) is 4.90 Å². The van der Waals surface area contributed by atoms with Crippen LogP contribution in [0, 0.1) is 10.1 Å². The van der Waals surface area contributed by atoms with E-state index in [1.165, 1.54) is 31.0 Å². The first-order valence-corrected chi connectivity index (χ1v) is 6.78. The summed E-state index contributed by atoms with van der Waals surface area (Å²) < 4.78 is 5.24. The summed E-state index contributed by atoms with van der Waals surface area (Å²) in [4.78, 5) is 22.1. The Hall–Kier alpha value is -1.08. The number of methoxy groups -OCH3 is 1.